The summed E-state index contributed by atoms with van der Waals surface area (Å²) in [5.41, 5.74) is 1.47. The summed E-state index contributed by atoms with van der Waals surface area (Å²) in [5.74, 6) is 2.64. The first kappa shape index (κ1) is 13.6. The Morgan fingerprint density at radius 1 is 1.38 bits per heavy atom. The van der Waals surface area contributed by atoms with E-state index in [0.717, 1.165) is 24.4 Å². The van der Waals surface area contributed by atoms with E-state index < -0.39 is 0 Å². The number of nitrogens with zero attached hydrogens (tertiary/aromatic N) is 4. The van der Waals surface area contributed by atoms with Crippen molar-refractivity contribution in [1.29, 1.82) is 5.26 Å². The Bertz CT molecular complexity index is 682. The second-order valence-electron chi connectivity index (χ2n) is 5.58. The quantitative estimate of drug-likeness (QED) is 0.907. The Morgan fingerprint density at radius 3 is 2.86 bits per heavy atom. The molecular weight excluding hydrogens is 266 g/mol. The van der Waals surface area contributed by atoms with Gasteiger partial charge in [-0.15, -0.1) is 0 Å². The van der Waals surface area contributed by atoms with E-state index >= 15 is 0 Å². The number of anilines is 1. The lowest BCUT2D eigenvalue weighted by atomic mass is 10.1. The molecule has 2 aromatic heterocycles. The maximum absolute atomic E-state index is 9.15. The van der Waals surface area contributed by atoms with E-state index in [1.807, 2.05) is 6.07 Å². The van der Waals surface area contributed by atoms with Gasteiger partial charge in [0.2, 0.25) is 5.89 Å². The summed E-state index contributed by atoms with van der Waals surface area (Å²) in [5, 5.41) is 16.2. The van der Waals surface area contributed by atoms with Gasteiger partial charge in [0.15, 0.2) is 5.82 Å². The molecule has 0 aliphatic heterocycles. The minimum atomic E-state index is 0.310. The second kappa shape index (κ2) is 5.52. The number of aromatic nitrogens is 3. The van der Waals surface area contributed by atoms with Gasteiger partial charge in [0.1, 0.15) is 11.9 Å². The van der Waals surface area contributed by atoms with E-state index in [1.165, 1.54) is 0 Å². The Balaban J connectivity index is 1.73. The third-order valence-electron chi connectivity index (χ3n) is 3.45. The molecule has 0 aromatic carbocycles. The van der Waals surface area contributed by atoms with Crippen LogP contribution in [0.15, 0.2) is 16.7 Å². The lowest BCUT2D eigenvalue weighted by Gasteiger charge is -2.09. The molecule has 6 heteroatoms. The molecule has 0 radical (unpaired) electrons. The molecule has 1 aliphatic carbocycles. The minimum absolute atomic E-state index is 0.310. The number of nitriles is 1. The highest BCUT2D eigenvalue weighted by molar-refractivity contribution is 5.52. The highest BCUT2D eigenvalue weighted by atomic mass is 16.5. The van der Waals surface area contributed by atoms with Crippen LogP contribution in [0, 0.1) is 11.3 Å². The van der Waals surface area contributed by atoms with Gasteiger partial charge in [-0.25, -0.2) is 4.98 Å². The van der Waals surface area contributed by atoms with Crippen LogP contribution in [0.1, 0.15) is 61.5 Å². The fourth-order valence-corrected chi connectivity index (χ4v) is 2.02. The van der Waals surface area contributed by atoms with Crippen LogP contribution < -0.4 is 5.32 Å². The number of hydrogen-bond donors (Lipinski definition) is 1. The predicted octanol–water partition coefficient (Wildman–Crippen LogP) is 2.95. The van der Waals surface area contributed by atoms with Crippen molar-refractivity contribution in [3.05, 3.63) is 35.1 Å². The average molecular weight is 283 g/mol. The van der Waals surface area contributed by atoms with Crippen LogP contribution in [0.5, 0.6) is 0 Å². The molecule has 0 spiro atoms. The van der Waals surface area contributed by atoms with Gasteiger partial charge >= 0.3 is 0 Å². The van der Waals surface area contributed by atoms with E-state index in [0.29, 0.717) is 35.6 Å². The van der Waals surface area contributed by atoms with Crippen molar-refractivity contribution in [1.82, 2.24) is 15.1 Å². The normalized spacial score (nSPS) is 14.2. The zero-order valence-corrected chi connectivity index (χ0v) is 12.1. The number of nitrogens with one attached hydrogen (secondary N) is 1. The first-order valence-corrected chi connectivity index (χ1v) is 7.14. The van der Waals surface area contributed by atoms with Gasteiger partial charge in [0.05, 0.1) is 12.1 Å². The Labute approximate surface area is 123 Å². The summed E-state index contributed by atoms with van der Waals surface area (Å²) in [7, 11) is 0. The molecule has 0 atom stereocenters. The minimum Gasteiger partial charge on any atom is -0.362 e. The SMILES string of the molecule is CC(C)c1ccc(C#N)c(NCc2noc(C3CC3)n2)n1. The van der Waals surface area contributed by atoms with Crippen molar-refractivity contribution in [2.45, 2.75) is 45.1 Å². The summed E-state index contributed by atoms with van der Waals surface area (Å²) in [6.45, 7) is 4.54. The highest BCUT2D eigenvalue weighted by Crippen LogP contribution is 2.38. The smallest absolute Gasteiger partial charge is 0.229 e. The third-order valence-corrected chi connectivity index (χ3v) is 3.45. The van der Waals surface area contributed by atoms with Gasteiger partial charge in [-0.05, 0) is 30.9 Å². The monoisotopic (exact) mass is 283 g/mol. The first-order chi connectivity index (χ1) is 10.2. The summed E-state index contributed by atoms with van der Waals surface area (Å²) in [6.07, 6.45) is 2.26. The molecule has 21 heavy (non-hydrogen) atoms. The molecule has 0 bridgehead atoms. The Hall–Kier alpha value is -2.42. The van der Waals surface area contributed by atoms with Crippen LogP contribution in [0.25, 0.3) is 0 Å². The van der Waals surface area contributed by atoms with Crippen molar-refractivity contribution in [3.8, 4) is 6.07 Å². The average Bonchev–Trinajstić information content (AvgIpc) is 3.23. The summed E-state index contributed by atoms with van der Waals surface area (Å²) >= 11 is 0. The number of hydrogen-bond acceptors (Lipinski definition) is 6. The van der Waals surface area contributed by atoms with Crippen LogP contribution in [-0.2, 0) is 6.54 Å². The van der Waals surface area contributed by atoms with Gasteiger partial charge in [0.25, 0.3) is 0 Å². The van der Waals surface area contributed by atoms with Crippen LogP contribution in [-0.4, -0.2) is 15.1 Å². The van der Waals surface area contributed by atoms with Crippen LogP contribution >= 0.6 is 0 Å². The zero-order chi connectivity index (χ0) is 14.8. The Kier molecular flexibility index (Phi) is 3.57. The van der Waals surface area contributed by atoms with Crippen LogP contribution in [0.4, 0.5) is 5.82 Å². The van der Waals surface area contributed by atoms with Gasteiger partial charge < -0.3 is 9.84 Å². The Morgan fingerprint density at radius 2 is 2.19 bits per heavy atom. The van der Waals surface area contributed by atoms with Crippen molar-refractivity contribution < 1.29 is 4.52 Å². The molecule has 0 amide bonds. The second-order valence-corrected chi connectivity index (χ2v) is 5.58. The molecule has 0 saturated heterocycles. The van der Waals surface area contributed by atoms with Gasteiger partial charge in [0, 0.05) is 11.6 Å². The van der Waals surface area contributed by atoms with Crippen LogP contribution in [0.2, 0.25) is 0 Å². The van der Waals surface area contributed by atoms with Crippen molar-refractivity contribution in [3.63, 3.8) is 0 Å². The molecule has 1 saturated carbocycles. The van der Waals surface area contributed by atoms with E-state index in [9.17, 15) is 0 Å². The molecule has 1 fully saturated rings. The molecule has 1 aliphatic rings. The lowest BCUT2D eigenvalue weighted by Crippen LogP contribution is -2.07. The maximum Gasteiger partial charge on any atom is 0.229 e. The molecular formula is C15H17N5O. The van der Waals surface area contributed by atoms with Crippen LogP contribution in [0.3, 0.4) is 0 Å². The topological polar surface area (TPSA) is 87.6 Å². The van der Waals surface area contributed by atoms with E-state index in [-0.39, 0.29) is 0 Å². The highest BCUT2D eigenvalue weighted by Gasteiger charge is 2.29. The maximum atomic E-state index is 9.15. The summed E-state index contributed by atoms with van der Waals surface area (Å²) in [6, 6.07) is 5.81. The van der Waals surface area contributed by atoms with Gasteiger partial charge in [-0.1, -0.05) is 19.0 Å². The summed E-state index contributed by atoms with van der Waals surface area (Å²) < 4.78 is 5.21. The van der Waals surface area contributed by atoms with Crippen molar-refractivity contribution in [2.75, 3.05) is 5.32 Å². The first-order valence-electron chi connectivity index (χ1n) is 7.14. The van der Waals surface area contributed by atoms with Gasteiger partial charge in [-0.3, -0.25) is 0 Å². The molecule has 2 heterocycles. The molecule has 1 N–H and O–H groups in total. The molecule has 108 valence electrons. The van der Waals surface area contributed by atoms with E-state index in [4.69, 9.17) is 9.78 Å². The fourth-order valence-electron chi connectivity index (χ4n) is 2.02. The van der Waals surface area contributed by atoms with Crippen molar-refractivity contribution >= 4 is 5.82 Å². The van der Waals surface area contributed by atoms with E-state index in [1.54, 1.807) is 6.07 Å². The zero-order valence-electron chi connectivity index (χ0n) is 12.1. The molecule has 0 unspecified atom stereocenters. The number of rotatable bonds is 5. The largest absolute Gasteiger partial charge is 0.362 e. The fraction of sp³-hybridized carbons (Fsp3) is 0.467. The summed E-state index contributed by atoms with van der Waals surface area (Å²) in [4.78, 5) is 8.84. The lowest BCUT2D eigenvalue weighted by molar-refractivity contribution is 0.374. The standard InChI is InChI=1S/C15H17N5O/c1-9(2)12-6-5-11(7-16)14(18-12)17-8-13-19-15(21-20-13)10-3-4-10/h5-6,9-10H,3-4,8H2,1-2H3,(H,17,18). The molecule has 6 nitrogen and oxygen atoms in total. The third kappa shape index (κ3) is 3.02. The van der Waals surface area contributed by atoms with Crippen molar-refractivity contribution in [2.24, 2.45) is 0 Å². The predicted molar refractivity (Wildman–Crippen MR) is 76.6 cm³/mol. The number of pyridine rings is 1. The molecule has 2 aromatic rings. The van der Waals surface area contributed by atoms with E-state index in [2.05, 4.69) is 40.4 Å². The van der Waals surface area contributed by atoms with Gasteiger partial charge in [-0.2, -0.15) is 10.2 Å². The molecule has 3 rings (SSSR count).